The molecular formula is C9H11NO4. The average molecular weight is 197 g/mol. The number of carboxylic acids is 1. The van der Waals surface area contributed by atoms with Gasteiger partial charge in [0.05, 0.1) is 19.4 Å². The monoisotopic (exact) mass is 197 g/mol. The van der Waals surface area contributed by atoms with Crippen molar-refractivity contribution in [2.45, 2.75) is 6.61 Å². The van der Waals surface area contributed by atoms with E-state index in [0.717, 1.165) is 0 Å². The summed E-state index contributed by atoms with van der Waals surface area (Å²) in [7, 11) is 2.96. The summed E-state index contributed by atoms with van der Waals surface area (Å²) in [4.78, 5) is 14.6. The maximum atomic E-state index is 10.7. The van der Waals surface area contributed by atoms with Gasteiger partial charge in [-0.25, -0.2) is 4.79 Å². The lowest BCUT2D eigenvalue weighted by Gasteiger charge is -2.06. The van der Waals surface area contributed by atoms with E-state index < -0.39 is 5.97 Å². The molecule has 0 radical (unpaired) electrons. The van der Waals surface area contributed by atoms with Gasteiger partial charge in [-0.2, -0.15) is 0 Å². The van der Waals surface area contributed by atoms with E-state index in [-0.39, 0.29) is 5.56 Å². The highest BCUT2D eigenvalue weighted by molar-refractivity contribution is 5.90. The van der Waals surface area contributed by atoms with E-state index in [1.165, 1.54) is 13.3 Å². The highest BCUT2D eigenvalue weighted by atomic mass is 16.5. The number of hydrogen-bond acceptors (Lipinski definition) is 4. The van der Waals surface area contributed by atoms with Crippen molar-refractivity contribution in [3.63, 3.8) is 0 Å². The lowest BCUT2D eigenvalue weighted by molar-refractivity contribution is 0.0692. The molecule has 76 valence electrons. The van der Waals surface area contributed by atoms with Crippen molar-refractivity contribution in [2.75, 3.05) is 14.2 Å². The smallest absolute Gasteiger partial charge is 0.341 e. The first-order valence-electron chi connectivity index (χ1n) is 3.94. The number of carbonyl (C=O) groups is 1. The molecule has 1 rings (SSSR count). The highest BCUT2D eigenvalue weighted by Gasteiger charge is 2.11. The zero-order chi connectivity index (χ0) is 10.6. The fraction of sp³-hybridized carbons (Fsp3) is 0.333. The summed E-state index contributed by atoms with van der Waals surface area (Å²) >= 11 is 0. The van der Waals surface area contributed by atoms with Crippen LogP contribution in [0.2, 0.25) is 0 Å². The minimum absolute atomic E-state index is 0.0485. The van der Waals surface area contributed by atoms with Crippen molar-refractivity contribution in [3.8, 4) is 5.75 Å². The lowest BCUT2D eigenvalue weighted by Crippen LogP contribution is -2.03. The molecule has 5 heteroatoms. The fourth-order valence-corrected chi connectivity index (χ4v) is 1.03. The molecule has 5 nitrogen and oxygen atoms in total. The van der Waals surface area contributed by atoms with Gasteiger partial charge in [0.2, 0.25) is 0 Å². The summed E-state index contributed by atoms with van der Waals surface area (Å²) in [5.74, 6) is -0.766. The van der Waals surface area contributed by atoms with Gasteiger partial charge in [0, 0.05) is 19.4 Å². The molecule has 0 aliphatic rings. The Morgan fingerprint density at radius 1 is 1.57 bits per heavy atom. The minimum Gasteiger partial charge on any atom is -0.496 e. The molecule has 0 aromatic carbocycles. The Morgan fingerprint density at radius 3 is 2.79 bits per heavy atom. The Kier molecular flexibility index (Phi) is 3.41. The van der Waals surface area contributed by atoms with Gasteiger partial charge >= 0.3 is 5.97 Å². The number of aromatic nitrogens is 1. The molecule has 0 aliphatic carbocycles. The van der Waals surface area contributed by atoms with Crippen LogP contribution in [0, 0.1) is 0 Å². The molecule has 0 saturated heterocycles. The predicted octanol–water partition coefficient (Wildman–Crippen LogP) is 0.935. The first-order valence-corrected chi connectivity index (χ1v) is 3.94. The van der Waals surface area contributed by atoms with Crippen molar-refractivity contribution in [1.29, 1.82) is 0 Å². The lowest BCUT2D eigenvalue weighted by atomic mass is 10.2. The molecular weight excluding hydrogens is 186 g/mol. The van der Waals surface area contributed by atoms with Crippen LogP contribution in [0.15, 0.2) is 12.3 Å². The first-order chi connectivity index (χ1) is 6.69. The number of nitrogens with zero attached hydrogens (tertiary/aromatic N) is 1. The number of rotatable bonds is 4. The standard InChI is InChI=1S/C9H11NO4/c1-13-5-6-3-8(14-2)7(4-10-6)9(11)12/h3-4H,5H2,1-2H3,(H,11,12). The van der Waals surface area contributed by atoms with Crippen LogP contribution in [-0.4, -0.2) is 30.3 Å². The maximum absolute atomic E-state index is 10.7. The van der Waals surface area contributed by atoms with Crippen LogP contribution in [0.5, 0.6) is 5.75 Å². The first kappa shape index (κ1) is 10.5. The Balaban J connectivity index is 3.05. The van der Waals surface area contributed by atoms with Gasteiger partial charge in [-0.3, -0.25) is 4.98 Å². The Bertz CT molecular complexity index is 338. The summed E-state index contributed by atoms with van der Waals surface area (Å²) in [5, 5.41) is 8.77. The molecule has 0 spiro atoms. The van der Waals surface area contributed by atoms with E-state index in [2.05, 4.69) is 4.98 Å². The topological polar surface area (TPSA) is 68.7 Å². The summed E-state index contributed by atoms with van der Waals surface area (Å²) in [6, 6.07) is 1.55. The zero-order valence-corrected chi connectivity index (χ0v) is 7.98. The summed E-state index contributed by atoms with van der Waals surface area (Å²) in [6.07, 6.45) is 1.26. The number of methoxy groups -OCH3 is 2. The van der Waals surface area contributed by atoms with Crippen molar-refractivity contribution in [2.24, 2.45) is 0 Å². The van der Waals surface area contributed by atoms with Crippen LogP contribution in [0.3, 0.4) is 0 Å². The number of hydrogen-bond donors (Lipinski definition) is 1. The maximum Gasteiger partial charge on any atom is 0.341 e. The van der Waals surface area contributed by atoms with Gasteiger partial charge < -0.3 is 14.6 Å². The molecule has 14 heavy (non-hydrogen) atoms. The third kappa shape index (κ3) is 2.20. The van der Waals surface area contributed by atoms with Crippen LogP contribution >= 0.6 is 0 Å². The van der Waals surface area contributed by atoms with E-state index in [0.29, 0.717) is 18.1 Å². The second-order valence-electron chi connectivity index (χ2n) is 2.61. The van der Waals surface area contributed by atoms with E-state index in [9.17, 15) is 4.79 Å². The van der Waals surface area contributed by atoms with Gasteiger partial charge in [0.1, 0.15) is 11.3 Å². The molecule has 0 aliphatic heterocycles. The molecule has 0 fully saturated rings. The molecule has 0 amide bonds. The Hall–Kier alpha value is -1.62. The van der Waals surface area contributed by atoms with Gasteiger partial charge in [-0.1, -0.05) is 0 Å². The second-order valence-corrected chi connectivity index (χ2v) is 2.61. The van der Waals surface area contributed by atoms with Gasteiger partial charge in [-0.05, 0) is 0 Å². The largest absolute Gasteiger partial charge is 0.496 e. The number of ether oxygens (including phenoxy) is 2. The van der Waals surface area contributed by atoms with Crippen LogP contribution < -0.4 is 4.74 Å². The predicted molar refractivity (Wildman–Crippen MR) is 48.5 cm³/mol. The van der Waals surface area contributed by atoms with Crippen molar-refractivity contribution in [3.05, 3.63) is 23.5 Å². The van der Waals surface area contributed by atoms with E-state index in [4.69, 9.17) is 14.6 Å². The third-order valence-corrected chi connectivity index (χ3v) is 1.67. The summed E-state index contributed by atoms with van der Waals surface area (Å²) < 4.78 is 9.78. The number of pyridine rings is 1. The Morgan fingerprint density at radius 2 is 2.29 bits per heavy atom. The van der Waals surface area contributed by atoms with Crippen LogP contribution in [0.4, 0.5) is 0 Å². The fourth-order valence-electron chi connectivity index (χ4n) is 1.03. The molecule has 1 aromatic heterocycles. The van der Waals surface area contributed by atoms with Crippen LogP contribution in [0.25, 0.3) is 0 Å². The van der Waals surface area contributed by atoms with Gasteiger partial charge in [0.25, 0.3) is 0 Å². The molecule has 1 aromatic rings. The normalized spacial score (nSPS) is 9.86. The summed E-state index contributed by atoms with van der Waals surface area (Å²) in [6.45, 7) is 0.330. The molecule has 1 heterocycles. The minimum atomic E-state index is -1.06. The number of carboxylic acid groups (broad SMARTS) is 1. The Labute approximate surface area is 81.3 Å². The SMILES string of the molecule is COCc1cc(OC)c(C(=O)O)cn1. The van der Waals surface area contributed by atoms with Crippen LogP contribution in [0.1, 0.15) is 16.1 Å². The van der Waals surface area contributed by atoms with E-state index in [1.807, 2.05) is 0 Å². The van der Waals surface area contributed by atoms with E-state index in [1.54, 1.807) is 13.2 Å². The third-order valence-electron chi connectivity index (χ3n) is 1.67. The van der Waals surface area contributed by atoms with Gasteiger partial charge in [0.15, 0.2) is 0 Å². The average Bonchev–Trinajstić information content (AvgIpc) is 2.17. The highest BCUT2D eigenvalue weighted by Crippen LogP contribution is 2.18. The van der Waals surface area contributed by atoms with E-state index >= 15 is 0 Å². The second kappa shape index (κ2) is 4.57. The summed E-state index contributed by atoms with van der Waals surface area (Å²) in [5.41, 5.74) is 0.682. The van der Waals surface area contributed by atoms with Crippen LogP contribution in [-0.2, 0) is 11.3 Å². The molecule has 0 bridgehead atoms. The van der Waals surface area contributed by atoms with Gasteiger partial charge in [-0.15, -0.1) is 0 Å². The van der Waals surface area contributed by atoms with Crippen molar-refractivity contribution >= 4 is 5.97 Å². The number of aromatic carboxylic acids is 1. The molecule has 0 unspecified atom stereocenters. The molecule has 0 saturated carbocycles. The molecule has 1 N–H and O–H groups in total. The van der Waals surface area contributed by atoms with Crippen molar-refractivity contribution in [1.82, 2.24) is 4.98 Å². The molecule has 0 atom stereocenters. The zero-order valence-electron chi connectivity index (χ0n) is 7.98. The van der Waals surface area contributed by atoms with Crippen molar-refractivity contribution < 1.29 is 19.4 Å². The quantitative estimate of drug-likeness (QED) is 0.777.